The molecule has 6 nitrogen and oxygen atoms in total. The van der Waals surface area contributed by atoms with Crippen molar-refractivity contribution in [3.63, 3.8) is 0 Å². The number of likely N-dealkylation sites (N-methyl/N-ethyl adjacent to an activating group) is 1. The van der Waals surface area contributed by atoms with E-state index in [4.69, 9.17) is 0 Å². The van der Waals surface area contributed by atoms with Crippen LogP contribution in [0.15, 0.2) is 42.7 Å². The highest BCUT2D eigenvalue weighted by Crippen LogP contribution is 2.08. The van der Waals surface area contributed by atoms with Crippen LogP contribution in [-0.2, 0) is 23.1 Å². The van der Waals surface area contributed by atoms with E-state index in [0.29, 0.717) is 12.1 Å². The van der Waals surface area contributed by atoms with Crippen LogP contribution in [0.5, 0.6) is 0 Å². The molecule has 0 radical (unpaired) electrons. The quantitative estimate of drug-likeness (QED) is 0.624. The van der Waals surface area contributed by atoms with E-state index in [-0.39, 0.29) is 11.9 Å². The minimum Gasteiger partial charge on any atom is -0.465 e. The summed E-state index contributed by atoms with van der Waals surface area (Å²) < 4.78 is 6.34. The fraction of sp³-hybridized carbons (Fsp3) is 0.235. The number of carbonyl (C=O) groups is 2. The second-order valence-corrected chi connectivity index (χ2v) is 5.16. The zero-order chi connectivity index (χ0) is 16.8. The number of rotatable bonds is 5. The second kappa shape index (κ2) is 7.40. The number of ether oxygens (including phenoxy) is 1. The van der Waals surface area contributed by atoms with E-state index in [2.05, 4.69) is 9.84 Å². The standard InChI is InChI=1S/C17H19N3O3/c1-19(11-14-10-18-20(2)12-14)16(21)9-6-13-4-7-15(8-5-13)17(22)23-3/h4-10,12H,11H2,1-3H3/b9-6+. The fourth-order valence-corrected chi connectivity index (χ4v) is 2.05. The van der Waals surface area contributed by atoms with Crippen LogP contribution in [0.25, 0.3) is 6.08 Å². The third-order valence-corrected chi connectivity index (χ3v) is 3.30. The molecule has 0 aliphatic heterocycles. The van der Waals surface area contributed by atoms with Crippen LogP contribution >= 0.6 is 0 Å². The minimum atomic E-state index is -0.382. The van der Waals surface area contributed by atoms with Gasteiger partial charge in [0.25, 0.3) is 0 Å². The van der Waals surface area contributed by atoms with Gasteiger partial charge in [0.2, 0.25) is 5.91 Å². The second-order valence-electron chi connectivity index (χ2n) is 5.16. The van der Waals surface area contributed by atoms with Gasteiger partial charge in [0.15, 0.2) is 0 Å². The van der Waals surface area contributed by atoms with Gasteiger partial charge in [0, 0.05) is 38.5 Å². The average Bonchev–Trinajstić information content (AvgIpc) is 2.97. The number of esters is 1. The minimum absolute atomic E-state index is 0.106. The zero-order valence-electron chi connectivity index (χ0n) is 13.4. The molecular formula is C17H19N3O3. The maximum atomic E-state index is 12.1. The van der Waals surface area contributed by atoms with Gasteiger partial charge >= 0.3 is 5.97 Å². The van der Waals surface area contributed by atoms with Crippen molar-refractivity contribution in [2.75, 3.05) is 14.2 Å². The van der Waals surface area contributed by atoms with Crippen molar-refractivity contribution < 1.29 is 14.3 Å². The number of aryl methyl sites for hydroxylation is 1. The Labute approximate surface area is 135 Å². The molecule has 0 atom stereocenters. The zero-order valence-corrected chi connectivity index (χ0v) is 13.4. The summed E-state index contributed by atoms with van der Waals surface area (Å²) in [5.41, 5.74) is 2.28. The molecule has 2 aromatic rings. The van der Waals surface area contributed by atoms with Gasteiger partial charge in [-0.1, -0.05) is 12.1 Å². The van der Waals surface area contributed by atoms with Gasteiger partial charge < -0.3 is 9.64 Å². The molecular weight excluding hydrogens is 294 g/mol. The average molecular weight is 313 g/mol. The van der Waals surface area contributed by atoms with Crippen molar-refractivity contribution in [1.82, 2.24) is 14.7 Å². The van der Waals surface area contributed by atoms with E-state index in [1.807, 2.05) is 13.2 Å². The predicted molar refractivity (Wildman–Crippen MR) is 86.5 cm³/mol. The third-order valence-electron chi connectivity index (χ3n) is 3.30. The van der Waals surface area contributed by atoms with Gasteiger partial charge in [-0.05, 0) is 23.8 Å². The monoisotopic (exact) mass is 313 g/mol. The number of methoxy groups -OCH3 is 1. The molecule has 1 amide bonds. The maximum absolute atomic E-state index is 12.1. The first-order chi connectivity index (χ1) is 11.0. The molecule has 1 aromatic carbocycles. The molecule has 1 aromatic heterocycles. The van der Waals surface area contributed by atoms with Crippen LogP contribution in [0.2, 0.25) is 0 Å². The van der Waals surface area contributed by atoms with E-state index in [1.54, 1.807) is 53.2 Å². The summed E-state index contributed by atoms with van der Waals surface area (Å²) in [5, 5.41) is 4.07. The Morgan fingerprint density at radius 3 is 2.57 bits per heavy atom. The number of benzene rings is 1. The molecule has 1 heterocycles. The smallest absolute Gasteiger partial charge is 0.337 e. The molecule has 0 bridgehead atoms. The van der Waals surface area contributed by atoms with Crippen LogP contribution in [0.3, 0.4) is 0 Å². The first-order valence-electron chi connectivity index (χ1n) is 7.08. The summed E-state index contributed by atoms with van der Waals surface area (Å²) >= 11 is 0. The van der Waals surface area contributed by atoms with E-state index in [1.165, 1.54) is 13.2 Å². The topological polar surface area (TPSA) is 64.4 Å². The van der Waals surface area contributed by atoms with Crippen molar-refractivity contribution in [3.8, 4) is 0 Å². The normalized spacial score (nSPS) is 10.7. The fourth-order valence-electron chi connectivity index (χ4n) is 2.05. The molecule has 6 heteroatoms. The highest BCUT2D eigenvalue weighted by molar-refractivity contribution is 5.92. The Morgan fingerprint density at radius 1 is 1.30 bits per heavy atom. The SMILES string of the molecule is COC(=O)c1ccc(/C=C/C(=O)N(C)Cc2cnn(C)c2)cc1. The molecule has 0 saturated carbocycles. The van der Waals surface area contributed by atoms with E-state index >= 15 is 0 Å². The lowest BCUT2D eigenvalue weighted by atomic mass is 10.1. The van der Waals surface area contributed by atoms with Crippen molar-refractivity contribution in [2.45, 2.75) is 6.54 Å². The predicted octanol–water partition coefficient (Wildman–Crippen LogP) is 1.88. The highest BCUT2D eigenvalue weighted by Gasteiger charge is 2.07. The molecule has 0 unspecified atom stereocenters. The molecule has 120 valence electrons. The van der Waals surface area contributed by atoms with Crippen LogP contribution < -0.4 is 0 Å². The number of hydrogen-bond donors (Lipinski definition) is 0. The van der Waals surface area contributed by atoms with Crippen LogP contribution in [0, 0.1) is 0 Å². The number of nitrogens with zero attached hydrogens (tertiary/aromatic N) is 3. The molecule has 2 rings (SSSR count). The summed E-state index contributed by atoms with van der Waals surface area (Å²) in [6.07, 6.45) is 6.82. The molecule has 23 heavy (non-hydrogen) atoms. The summed E-state index contributed by atoms with van der Waals surface area (Å²) in [6.45, 7) is 0.498. The summed E-state index contributed by atoms with van der Waals surface area (Å²) in [6, 6.07) is 6.85. The molecule has 0 spiro atoms. The molecule has 0 saturated heterocycles. The summed E-state index contributed by atoms with van der Waals surface area (Å²) in [7, 11) is 4.91. The Morgan fingerprint density at radius 2 is 2.00 bits per heavy atom. The maximum Gasteiger partial charge on any atom is 0.337 e. The summed E-state index contributed by atoms with van der Waals surface area (Å²) in [4.78, 5) is 25.0. The van der Waals surface area contributed by atoms with Crippen molar-refractivity contribution in [2.24, 2.45) is 7.05 Å². The first kappa shape index (κ1) is 16.5. The van der Waals surface area contributed by atoms with Crippen molar-refractivity contribution >= 4 is 18.0 Å². The first-order valence-corrected chi connectivity index (χ1v) is 7.08. The largest absolute Gasteiger partial charge is 0.465 e. The third kappa shape index (κ3) is 4.54. The molecule has 0 aliphatic rings. The Balaban J connectivity index is 1.95. The van der Waals surface area contributed by atoms with E-state index < -0.39 is 0 Å². The van der Waals surface area contributed by atoms with Gasteiger partial charge in [-0.25, -0.2) is 4.79 Å². The van der Waals surface area contributed by atoms with Crippen molar-refractivity contribution in [1.29, 1.82) is 0 Å². The van der Waals surface area contributed by atoms with Gasteiger partial charge in [-0.15, -0.1) is 0 Å². The Bertz CT molecular complexity index is 717. The highest BCUT2D eigenvalue weighted by atomic mass is 16.5. The van der Waals surface area contributed by atoms with Crippen LogP contribution in [-0.4, -0.2) is 40.7 Å². The number of carbonyl (C=O) groups excluding carboxylic acids is 2. The lowest BCUT2D eigenvalue weighted by Gasteiger charge is -2.13. The molecule has 0 N–H and O–H groups in total. The Kier molecular flexibility index (Phi) is 5.30. The number of amides is 1. The number of aromatic nitrogens is 2. The summed E-state index contributed by atoms with van der Waals surface area (Å²) in [5.74, 6) is -0.487. The van der Waals surface area contributed by atoms with Gasteiger partial charge in [0.05, 0.1) is 18.9 Å². The molecule has 0 aliphatic carbocycles. The van der Waals surface area contributed by atoms with E-state index in [9.17, 15) is 9.59 Å². The van der Waals surface area contributed by atoms with Gasteiger partial charge in [-0.3, -0.25) is 9.48 Å². The van der Waals surface area contributed by atoms with Gasteiger partial charge in [0.1, 0.15) is 0 Å². The number of hydrogen-bond acceptors (Lipinski definition) is 4. The van der Waals surface area contributed by atoms with Crippen LogP contribution in [0.1, 0.15) is 21.5 Å². The van der Waals surface area contributed by atoms with E-state index in [0.717, 1.165) is 11.1 Å². The van der Waals surface area contributed by atoms with Crippen molar-refractivity contribution in [3.05, 3.63) is 59.4 Å². The Hall–Kier alpha value is -2.89. The molecule has 0 fully saturated rings. The van der Waals surface area contributed by atoms with Gasteiger partial charge in [-0.2, -0.15) is 5.10 Å². The van der Waals surface area contributed by atoms with Crippen LogP contribution in [0.4, 0.5) is 0 Å². The lowest BCUT2D eigenvalue weighted by Crippen LogP contribution is -2.23. The lowest BCUT2D eigenvalue weighted by molar-refractivity contribution is -0.125.